The average molecular weight is 834 g/mol. The minimum Gasteiger partial charge on any atom is -0.453 e. The van der Waals surface area contributed by atoms with Crippen molar-refractivity contribution in [1.29, 1.82) is 0 Å². The van der Waals surface area contributed by atoms with Gasteiger partial charge in [-0.05, 0) is 85.6 Å². The van der Waals surface area contributed by atoms with E-state index in [0.717, 1.165) is 72.1 Å². The molecule has 2 spiro atoms. The maximum absolute atomic E-state index is 13.9. The lowest BCUT2D eigenvalue weighted by molar-refractivity contribution is -0.136. The van der Waals surface area contributed by atoms with Gasteiger partial charge < -0.3 is 49.9 Å². The van der Waals surface area contributed by atoms with Crippen molar-refractivity contribution in [3.8, 4) is 23.1 Å². The Kier molecular flexibility index (Phi) is 11.1. The molecule has 4 heterocycles. The number of likely N-dealkylation sites (tertiary alicyclic amines) is 2. The number of nitrogens with one attached hydrogen (secondary N) is 5. The molecule has 4 aromatic rings. The topological polar surface area (TPSA) is 213 Å². The third-order valence-electron chi connectivity index (χ3n) is 12.6. The summed E-state index contributed by atoms with van der Waals surface area (Å²) in [6.07, 6.45) is 5.35. The monoisotopic (exact) mass is 833 g/mol. The van der Waals surface area contributed by atoms with E-state index in [1.54, 1.807) is 4.90 Å². The number of rotatable bonds is 10. The Hall–Kier alpha value is -6.57. The summed E-state index contributed by atoms with van der Waals surface area (Å²) in [7, 11) is 3.72. The highest BCUT2D eigenvalue weighted by Gasteiger charge is 2.56. The van der Waals surface area contributed by atoms with Crippen LogP contribution in [0.15, 0.2) is 48.7 Å². The van der Waals surface area contributed by atoms with E-state index in [9.17, 15) is 24.0 Å². The number of aromatic nitrogens is 4. The first-order valence-electron chi connectivity index (χ1n) is 20.6. The van der Waals surface area contributed by atoms with Crippen LogP contribution in [0.25, 0.3) is 22.3 Å². The standard InChI is InChI=1S/C44H51N9O8/c1-25(2)35(51-42(58)61-5)39(55)53-24-44(16-17-44)20-34(53)37-47-29-13-10-27(18-30(29)48-37)7-6-26-8-11-28(12-9-26)31-21-45-36(49-31)33-19-43(14-15-43)23-52(33)38(54)32(50-41(57)60-4)22-46-40(56)59-3/h8-13,18,21,25,32-35H,14-17,19-20,22-24H2,1-5H3,(H,45,49)(H,46,56)(H,47,48)(H,50,57)(H,51,58)/t32-,33-,34-,35-/m0/s1. The smallest absolute Gasteiger partial charge is 0.407 e. The Balaban J connectivity index is 0.951. The minimum absolute atomic E-state index is 0.00317. The molecule has 8 rings (SSSR count). The first kappa shape index (κ1) is 41.2. The maximum Gasteiger partial charge on any atom is 0.407 e. The first-order chi connectivity index (χ1) is 29.3. The summed E-state index contributed by atoms with van der Waals surface area (Å²) in [4.78, 5) is 84.1. The predicted octanol–water partition coefficient (Wildman–Crippen LogP) is 4.92. The summed E-state index contributed by atoms with van der Waals surface area (Å²) in [5.41, 5.74) is 4.89. The third-order valence-corrected chi connectivity index (χ3v) is 12.6. The van der Waals surface area contributed by atoms with Gasteiger partial charge in [0.1, 0.15) is 23.7 Å². The van der Waals surface area contributed by atoms with Gasteiger partial charge in [0.05, 0.1) is 56.7 Å². The van der Waals surface area contributed by atoms with Crippen LogP contribution >= 0.6 is 0 Å². The summed E-state index contributed by atoms with van der Waals surface area (Å²) in [5, 5.41) is 7.78. The van der Waals surface area contributed by atoms with Crippen molar-refractivity contribution in [2.75, 3.05) is 41.0 Å². The molecule has 17 nitrogen and oxygen atoms in total. The highest BCUT2D eigenvalue weighted by molar-refractivity contribution is 5.88. The molecule has 320 valence electrons. The number of carbonyl (C=O) groups is 5. The van der Waals surface area contributed by atoms with Crippen LogP contribution in [-0.4, -0.2) is 113 Å². The molecular weight excluding hydrogens is 783 g/mol. The lowest BCUT2D eigenvalue weighted by Crippen LogP contribution is -2.53. The lowest BCUT2D eigenvalue weighted by atomic mass is 10.0. The lowest BCUT2D eigenvalue weighted by Gasteiger charge is -2.30. The van der Waals surface area contributed by atoms with E-state index >= 15 is 0 Å². The molecule has 4 fully saturated rings. The third kappa shape index (κ3) is 8.70. The Morgan fingerprint density at radius 3 is 1.98 bits per heavy atom. The number of ether oxygens (including phenoxy) is 3. The second kappa shape index (κ2) is 16.5. The van der Waals surface area contributed by atoms with Crippen molar-refractivity contribution in [3.63, 3.8) is 0 Å². The van der Waals surface area contributed by atoms with Gasteiger partial charge in [0.25, 0.3) is 0 Å². The average Bonchev–Trinajstić information content (AvgIpc) is 3.88. The molecule has 5 N–H and O–H groups in total. The fourth-order valence-electron chi connectivity index (χ4n) is 8.66. The number of benzene rings is 2. The van der Waals surface area contributed by atoms with Crippen LogP contribution in [0.1, 0.15) is 87.2 Å². The van der Waals surface area contributed by atoms with E-state index in [4.69, 9.17) is 19.4 Å². The van der Waals surface area contributed by atoms with Crippen LogP contribution in [0.4, 0.5) is 14.4 Å². The molecule has 4 aliphatic rings. The van der Waals surface area contributed by atoms with Crippen LogP contribution in [0.2, 0.25) is 0 Å². The van der Waals surface area contributed by atoms with Gasteiger partial charge in [0, 0.05) is 36.0 Å². The van der Waals surface area contributed by atoms with Gasteiger partial charge in [-0.25, -0.2) is 24.4 Å². The van der Waals surface area contributed by atoms with Gasteiger partial charge in [-0.1, -0.05) is 37.8 Å². The van der Waals surface area contributed by atoms with Crippen molar-refractivity contribution >= 4 is 41.1 Å². The molecule has 2 saturated carbocycles. The zero-order chi connectivity index (χ0) is 43.1. The predicted molar refractivity (Wildman–Crippen MR) is 221 cm³/mol. The Bertz CT molecular complexity index is 2400. The van der Waals surface area contributed by atoms with E-state index < -0.39 is 30.4 Å². The van der Waals surface area contributed by atoms with Crippen LogP contribution in [0.3, 0.4) is 0 Å². The molecule has 2 saturated heterocycles. The van der Waals surface area contributed by atoms with Crippen LogP contribution in [-0.2, 0) is 23.8 Å². The number of H-pyrrole nitrogens is 2. The Morgan fingerprint density at radius 1 is 0.770 bits per heavy atom. The van der Waals surface area contributed by atoms with E-state index in [2.05, 4.69) is 42.5 Å². The number of imidazole rings is 2. The van der Waals surface area contributed by atoms with Crippen LogP contribution in [0, 0.1) is 28.6 Å². The quantitative estimate of drug-likeness (QED) is 0.107. The molecule has 4 atom stereocenters. The summed E-state index contributed by atoms with van der Waals surface area (Å²) in [5.74, 6) is 7.27. The van der Waals surface area contributed by atoms with E-state index in [0.29, 0.717) is 24.6 Å². The highest BCUT2D eigenvalue weighted by Crippen LogP contribution is 2.59. The number of carbonyl (C=O) groups excluding carboxylic acids is 5. The molecule has 2 aliphatic carbocycles. The highest BCUT2D eigenvalue weighted by atomic mass is 16.5. The molecule has 0 unspecified atom stereocenters. The molecule has 2 aromatic heterocycles. The largest absolute Gasteiger partial charge is 0.453 e. The number of amides is 5. The van der Waals surface area contributed by atoms with Gasteiger partial charge in [-0.3, -0.25) is 9.59 Å². The van der Waals surface area contributed by atoms with Crippen LogP contribution < -0.4 is 16.0 Å². The fourth-order valence-corrected chi connectivity index (χ4v) is 8.66. The number of hydrogen-bond acceptors (Lipinski definition) is 10. The molecule has 61 heavy (non-hydrogen) atoms. The molecular formula is C44H51N9O8. The first-order valence-corrected chi connectivity index (χ1v) is 20.6. The SMILES string of the molecule is COC(=O)NC[C@H](NC(=O)OC)C(=O)N1CC2(CC2)C[C@H]1c1nc(-c2ccc(C#Cc3ccc4[nH]c([C@@H]5CC6(CC6)CN5C(=O)[C@@H](NC(=O)OC)C(C)C)nc4c3)cc2)c[nH]1. The number of aromatic amines is 2. The number of hydrogen-bond donors (Lipinski definition) is 5. The van der Waals surface area contributed by atoms with Crippen molar-refractivity contribution < 1.29 is 38.2 Å². The van der Waals surface area contributed by atoms with Crippen molar-refractivity contribution in [1.82, 2.24) is 45.7 Å². The molecule has 2 aromatic carbocycles. The Labute approximate surface area is 353 Å². The van der Waals surface area contributed by atoms with Crippen molar-refractivity contribution in [2.45, 2.75) is 76.5 Å². The summed E-state index contributed by atoms with van der Waals surface area (Å²) in [6.45, 7) is 4.80. The molecule has 0 radical (unpaired) electrons. The maximum atomic E-state index is 13.9. The normalized spacial score (nSPS) is 20.2. The molecule has 5 amide bonds. The molecule has 2 aliphatic heterocycles. The summed E-state index contributed by atoms with van der Waals surface area (Å²) in [6, 6.07) is 11.2. The fraction of sp³-hybridized carbons (Fsp3) is 0.477. The number of methoxy groups -OCH3 is 3. The van der Waals surface area contributed by atoms with Crippen LogP contribution in [0.5, 0.6) is 0 Å². The number of nitrogens with zero attached hydrogens (tertiary/aromatic N) is 4. The number of fused-ring (bicyclic) bond motifs is 1. The Morgan fingerprint density at radius 2 is 1.36 bits per heavy atom. The zero-order valence-corrected chi connectivity index (χ0v) is 34.9. The van der Waals surface area contributed by atoms with E-state index in [1.807, 2.05) is 67.4 Å². The summed E-state index contributed by atoms with van der Waals surface area (Å²) < 4.78 is 14.2. The summed E-state index contributed by atoms with van der Waals surface area (Å²) >= 11 is 0. The number of alkyl carbamates (subject to hydrolysis) is 3. The van der Waals surface area contributed by atoms with E-state index in [-0.39, 0.29) is 47.2 Å². The minimum atomic E-state index is -1.07. The van der Waals surface area contributed by atoms with Gasteiger partial charge in [0.2, 0.25) is 11.8 Å². The van der Waals surface area contributed by atoms with Crippen molar-refractivity contribution in [3.05, 3.63) is 71.4 Å². The second-order valence-corrected chi connectivity index (χ2v) is 17.1. The molecule has 0 bridgehead atoms. The van der Waals surface area contributed by atoms with Gasteiger partial charge in [-0.2, -0.15) is 0 Å². The van der Waals surface area contributed by atoms with Gasteiger partial charge in [-0.15, -0.1) is 0 Å². The van der Waals surface area contributed by atoms with Gasteiger partial charge in [0.15, 0.2) is 0 Å². The van der Waals surface area contributed by atoms with E-state index in [1.165, 1.54) is 21.3 Å². The van der Waals surface area contributed by atoms with Gasteiger partial charge >= 0.3 is 18.3 Å². The molecule has 17 heteroatoms. The zero-order valence-electron chi connectivity index (χ0n) is 34.9. The van der Waals surface area contributed by atoms with Crippen molar-refractivity contribution in [2.24, 2.45) is 16.7 Å². The second-order valence-electron chi connectivity index (χ2n) is 17.1.